The number of hydrogen-bond acceptors (Lipinski definition) is 1. The van der Waals surface area contributed by atoms with Crippen LogP contribution < -0.4 is 4.57 Å². The van der Waals surface area contributed by atoms with Crippen LogP contribution in [-0.4, -0.2) is 4.98 Å². The number of aromatic nitrogens is 2. The Hall–Kier alpha value is -3.33. The first kappa shape index (κ1) is 19.4. The molecule has 1 spiro atoms. The molecule has 2 aliphatic carbocycles. The van der Waals surface area contributed by atoms with Gasteiger partial charge < -0.3 is 0 Å². The van der Waals surface area contributed by atoms with Crippen LogP contribution in [0.3, 0.4) is 0 Å². The minimum absolute atomic E-state index is 0.0571. The third kappa shape index (κ3) is 2.77. The molecule has 0 saturated heterocycles. The SMILES string of the molecule is Cc1cc2c(cc1-c1cc(-c3ccc(F)cc3)cc[n+]1C)C1(CCCC1)c1ncccc1-2. The van der Waals surface area contributed by atoms with Crippen molar-refractivity contribution in [1.82, 2.24) is 4.98 Å². The maximum absolute atomic E-state index is 13.4. The molecule has 0 radical (unpaired) electrons. The third-order valence-electron chi connectivity index (χ3n) is 7.49. The molecule has 0 bridgehead atoms. The number of aryl methyl sites for hydroxylation is 2. The Morgan fingerprint density at radius 3 is 2.44 bits per heavy atom. The van der Waals surface area contributed by atoms with Crippen molar-refractivity contribution in [2.75, 3.05) is 0 Å². The van der Waals surface area contributed by atoms with Crippen molar-refractivity contribution >= 4 is 0 Å². The van der Waals surface area contributed by atoms with E-state index in [2.05, 4.69) is 61.1 Å². The van der Waals surface area contributed by atoms with E-state index in [-0.39, 0.29) is 11.2 Å². The van der Waals surface area contributed by atoms with Crippen molar-refractivity contribution in [3.05, 3.63) is 95.7 Å². The normalized spacial score (nSPS) is 15.7. The maximum atomic E-state index is 13.4. The van der Waals surface area contributed by atoms with Crippen LogP contribution in [0.2, 0.25) is 0 Å². The monoisotopic (exact) mass is 421 g/mol. The van der Waals surface area contributed by atoms with Gasteiger partial charge in [0.25, 0.3) is 0 Å². The van der Waals surface area contributed by atoms with Crippen molar-refractivity contribution in [1.29, 1.82) is 0 Å². The van der Waals surface area contributed by atoms with E-state index in [1.807, 2.05) is 18.3 Å². The molecule has 2 heterocycles. The summed E-state index contributed by atoms with van der Waals surface area (Å²) >= 11 is 0. The molecule has 0 unspecified atom stereocenters. The van der Waals surface area contributed by atoms with Crippen LogP contribution in [-0.2, 0) is 12.5 Å². The summed E-state index contributed by atoms with van der Waals surface area (Å²) in [7, 11) is 2.10. The highest BCUT2D eigenvalue weighted by Crippen LogP contribution is 2.56. The fraction of sp³-hybridized carbons (Fsp3) is 0.241. The smallest absolute Gasteiger partial charge is 0.213 e. The van der Waals surface area contributed by atoms with Crippen LogP contribution in [0.1, 0.15) is 42.5 Å². The van der Waals surface area contributed by atoms with Crippen molar-refractivity contribution in [2.24, 2.45) is 7.05 Å². The van der Waals surface area contributed by atoms with Gasteiger partial charge >= 0.3 is 0 Å². The van der Waals surface area contributed by atoms with E-state index in [0.717, 1.165) is 11.1 Å². The first-order valence-electron chi connectivity index (χ1n) is 11.4. The Morgan fingerprint density at radius 2 is 1.66 bits per heavy atom. The summed E-state index contributed by atoms with van der Waals surface area (Å²) in [5.41, 5.74) is 11.2. The molecule has 1 fully saturated rings. The summed E-state index contributed by atoms with van der Waals surface area (Å²) < 4.78 is 15.6. The quantitative estimate of drug-likeness (QED) is 0.336. The van der Waals surface area contributed by atoms with E-state index >= 15 is 0 Å². The molecule has 158 valence electrons. The Balaban J connectivity index is 1.54. The summed E-state index contributed by atoms with van der Waals surface area (Å²) in [5, 5.41) is 0. The van der Waals surface area contributed by atoms with Crippen molar-refractivity contribution < 1.29 is 8.96 Å². The molecule has 4 aromatic rings. The molecule has 0 amide bonds. The highest BCUT2D eigenvalue weighted by atomic mass is 19.1. The molecular formula is C29H26FN2+. The van der Waals surface area contributed by atoms with Crippen molar-refractivity contribution in [3.8, 4) is 33.5 Å². The van der Waals surface area contributed by atoms with Crippen LogP contribution in [0.4, 0.5) is 4.39 Å². The van der Waals surface area contributed by atoms with Gasteiger partial charge in [-0.2, -0.15) is 0 Å². The van der Waals surface area contributed by atoms with Gasteiger partial charge in [0.2, 0.25) is 5.69 Å². The van der Waals surface area contributed by atoms with E-state index in [4.69, 9.17) is 4.98 Å². The Bertz CT molecular complexity index is 1350. The van der Waals surface area contributed by atoms with Gasteiger partial charge in [-0.05, 0) is 71.8 Å². The molecule has 32 heavy (non-hydrogen) atoms. The topological polar surface area (TPSA) is 16.8 Å². The number of hydrogen-bond donors (Lipinski definition) is 0. The second-order valence-electron chi connectivity index (χ2n) is 9.32. The molecule has 3 heteroatoms. The van der Waals surface area contributed by atoms with Crippen LogP contribution in [0.25, 0.3) is 33.5 Å². The minimum atomic E-state index is -0.208. The van der Waals surface area contributed by atoms with Gasteiger partial charge in [0.15, 0.2) is 6.20 Å². The average molecular weight is 422 g/mol. The van der Waals surface area contributed by atoms with Gasteiger partial charge in [-0.3, -0.25) is 4.98 Å². The zero-order valence-corrected chi connectivity index (χ0v) is 18.5. The van der Waals surface area contributed by atoms with Crippen LogP contribution in [0.5, 0.6) is 0 Å². The zero-order valence-electron chi connectivity index (χ0n) is 18.5. The molecule has 1 saturated carbocycles. The lowest BCUT2D eigenvalue weighted by Gasteiger charge is -2.25. The second kappa shape index (κ2) is 7.09. The van der Waals surface area contributed by atoms with Crippen LogP contribution in [0.15, 0.2) is 73.1 Å². The Labute approximate surface area is 188 Å². The van der Waals surface area contributed by atoms with E-state index in [1.54, 1.807) is 0 Å². The molecule has 0 aliphatic heterocycles. The van der Waals surface area contributed by atoms with Gasteiger partial charge in [-0.25, -0.2) is 8.96 Å². The summed E-state index contributed by atoms with van der Waals surface area (Å²) in [6.45, 7) is 2.20. The first-order valence-corrected chi connectivity index (χ1v) is 11.4. The molecule has 2 aromatic carbocycles. The highest BCUT2D eigenvalue weighted by molar-refractivity contribution is 5.84. The van der Waals surface area contributed by atoms with E-state index < -0.39 is 0 Å². The van der Waals surface area contributed by atoms with Crippen molar-refractivity contribution in [2.45, 2.75) is 38.0 Å². The maximum Gasteiger partial charge on any atom is 0.213 e. The molecular weight excluding hydrogens is 395 g/mol. The summed E-state index contributed by atoms with van der Waals surface area (Å²) in [6.07, 6.45) is 8.91. The third-order valence-corrected chi connectivity index (χ3v) is 7.49. The fourth-order valence-electron chi connectivity index (χ4n) is 5.88. The molecule has 2 nitrogen and oxygen atoms in total. The molecule has 0 atom stereocenters. The Morgan fingerprint density at radius 1 is 0.875 bits per heavy atom. The van der Waals surface area contributed by atoms with Crippen molar-refractivity contribution in [3.63, 3.8) is 0 Å². The number of fused-ring (bicyclic) bond motifs is 5. The molecule has 2 aliphatic rings. The average Bonchev–Trinajstić information content (AvgIpc) is 3.40. The number of pyridine rings is 2. The van der Waals surface area contributed by atoms with E-state index in [9.17, 15) is 4.39 Å². The minimum Gasteiger partial charge on any atom is -0.260 e. The summed E-state index contributed by atoms with van der Waals surface area (Å²) in [5.74, 6) is -0.208. The summed E-state index contributed by atoms with van der Waals surface area (Å²) in [4.78, 5) is 4.88. The van der Waals surface area contributed by atoms with Crippen LogP contribution in [0, 0.1) is 12.7 Å². The number of benzene rings is 2. The Kier molecular flexibility index (Phi) is 4.29. The second-order valence-corrected chi connectivity index (χ2v) is 9.32. The first-order chi connectivity index (χ1) is 15.6. The number of rotatable bonds is 2. The number of halogens is 1. The standard InChI is InChI=1S/C29H26FN2/c1-19-16-25-23-6-5-14-31-28(23)29(12-3-4-13-29)26(25)18-24(19)27-17-21(11-15-32(27)2)20-7-9-22(30)10-8-20/h5-11,14-18H,3-4,12-13H2,1-2H3/q+1. The molecule has 2 aromatic heterocycles. The fourth-order valence-corrected chi connectivity index (χ4v) is 5.88. The highest BCUT2D eigenvalue weighted by Gasteiger charge is 2.46. The largest absolute Gasteiger partial charge is 0.260 e. The van der Waals surface area contributed by atoms with Gasteiger partial charge in [0.05, 0.1) is 5.69 Å². The van der Waals surface area contributed by atoms with E-state index in [1.165, 1.54) is 77.0 Å². The van der Waals surface area contributed by atoms with Gasteiger partial charge in [-0.1, -0.05) is 37.1 Å². The van der Waals surface area contributed by atoms with Gasteiger partial charge in [0, 0.05) is 34.9 Å². The lowest BCUT2D eigenvalue weighted by atomic mass is 9.78. The lowest BCUT2D eigenvalue weighted by molar-refractivity contribution is -0.660. The molecule has 0 N–H and O–H groups in total. The predicted octanol–water partition coefficient (Wildman–Crippen LogP) is 6.53. The van der Waals surface area contributed by atoms with Crippen LogP contribution >= 0.6 is 0 Å². The zero-order chi connectivity index (χ0) is 21.9. The van der Waals surface area contributed by atoms with Gasteiger partial charge in [0.1, 0.15) is 12.9 Å². The summed E-state index contributed by atoms with van der Waals surface area (Å²) in [6, 6.07) is 20.2. The lowest BCUT2D eigenvalue weighted by Crippen LogP contribution is -2.30. The molecule has 6 rings (SSSR count). The van der Waals surface area contributed by atoms with E-state index in [0.29, 0.717) is 0 Å². The van der Waals surface area contributed by atoms with Gasteiger partial charge in [-0.15, -0.1) is 0 Å². The number of nitrogens with zero attached hydrogens (tertiary/aromatic N) is 2. The predicted molar refractivity (Wildman–Crippen MR) is 126 cm³/mol.